The first kappa shape index (κ1) is 16.0. The van der Waals surface area contributed by atoms with Gasteiger partial charge in [-0.25, -0.2) is 0 Å². The van der Waals surface area contributed by atoms with Crippen molar-refractivity contribution in [3.63, 3.8) is 0 Å². The molecule has 1 unspecified atom stereocenters. The van der Waals surface area contributed by atoms with Crippen LogP contribution in [0.3, 0.4) is 0 Å². The average molecular weight is 327 g/mol. The highest BCUT2D eigenvalue weighted by Crippen LogP contribution is 2.46. The minimum atomic E-state index is -0.280. The molecule has 1 aromatic carbocycles. The molecular weight excluding hydrogens is 308 g/mol. The molecule has 0 bridgehead atoms. The van der Waals surface area contributed by atoms with Gasteiger partial charge >= 0.3 is 0 Å². The summed E-state index contributed by atoms with van der Waals surface area (Å²) in [6.45, 7) is 4.18. The minimum absolute atomic E-state index is 0.280. The number of ether oxygens (including phenoxy) is 3. The molecule has 3 nitrogen and oxygen atoms in total. The van der Waals surface area contributed by atoms with E-state index in [1.165, 1.54) is 10.4 Å². The van der Waals surface area contributed by atoms with Crippen molar-refractivity contribution in [2.75, 3.05) is 21.3 Å². The van der Waals surface area contributed by atoms with Crippen LogP contribution in [0.15, 0.2) is 18.2 Å². The lowest BCUT2D eigenvalue weighted by Crippen LogP contribution is -2.00. The van der Waals surface area contributed by atoms with E-state index in [0.717, 1.165) is 10.4 Å². The van der Waals surface area contributed by atoms with Crippen LogP contribution in [0, 0.1) is 13.8 Å². The van der Waals surface area contributed by atoms with Crippen molar-refractivity contribution in [3.05, 3.63) is 39.1 Å². The van der Waals surface area contributed by atoms with Gasteiger partial charge in [0.1, 0.15) is 0 Å². The molecule has 0 aliphatic heterocycles. The SMILES string of the molecule is COc1ccc(C(Cl)c2cc(C)c(C)s2)c(OC)c1OC. The van der Waals surface area contributed by atoms with E-state index in [1.807, 2.05) is 12.1 Å². The summed E-state index contributed by atoms with van der Waals surface area (Å²) in [5.74, 6) is 1.80. The Bertz CT molecular complexity index is 617. The molecule has 5 heteroatoms. The molecule has 0 N–H and O–H groups in total. The van der Waals surface area contributed by atoms with E-state index in [-0.39, 0.29) is 5.38 Å². The predicted molar refractivity (Wildman–Crippen MR) is 87.6 cm³/mol. The third kappa shape index (κ3) is 2.97. The molecular formula is C16H19ClO3S. The quantitative estimate of drug-likeness (QED) is 0.744. The van der Waals surface area contributed by atoms with E-state index in [4.69, 9.17) is 25.8 Å². The zero-order chi connectivity index (χ0) is 15.6. The van der Waals surface area contributed by atoms with E-state index in [0.29, 0.717) is 17.2 Å². The minimum Gasteiger partial charge on any atom is -0.493 e. The van der Waals surface area contributed by atoms with Crippen LogP contribution in [-0.4, -0.2) is 21.3 Å². The van der Waals surface area contributed by atoms with Crippen LogP contribution in [0.1, 0.15) is 26.3 Å². The predicted octanol–water partition coefficient (Wildman–Crippen LogP) is 4.72. The van der Waals surface area contributed by atoms with Gasteiger partial charge in [-0.05, 0) is 37.6 Å². The molecule has 1 atom stereocenters. The van der Waals surface area contributed by atoms with Gasteiger partial charge in [0.2, 0.25) is 5.75 Å². The molecule has 1 aromatic heterocycles. The Balaban J connectivity index is 2.52. The van der Waals surface area contributed by atoms with Gasteiger partial charge in [-0.15, -0.1) is 22.9 Å². The first-order valence-corrected chi connectivity index (χ1v) is 7.78. The number of aryl methyl sites for hydroxylation is 2. The second-order valence-electron chi connectivity index (χ2n) is 4.67. The number of alkyl halides is 1. The van der Waals surface area contributed by atoms with Crippen molar-refractivity contribution in [2.45, 2.75) is 19.2 Å². The van der Waals surface area contributed by atoms with E-state index >= 15 is 0 Å². The summed E-state index contributed by atoms with van der Waals surface area (Å²) in [6, 6.07) is 5.88. The molecule has 2 rings (SSSR count). The summed E-state index contributed by atoms with van der Waals surface area (Å²) in [6.07, 6.45) is 0. The number of hydrogen-bond donors (Lipinski definition) is 0. The molecule has 0 amide bonds. The lowest BCUT2D eigenvalue weighted by molar-refractivity contribution is 0.322. The Kier molecular flexibility index (Phi) is 5.01. The molecule has 0 aliphatic rings. The lowest BCUT2D eigenvalue weighted by atomic mass is 10.1. The Morgan fingerprint density at radius 2 is 1.67 bits per heavy atom. The normalized spacial score (nSPS) is 12.1. The van der Waals surface area contributed by atoms with Gasteiger partial charge in [0.05, 0.1) is 26.7 Å². The van der Waals surface area contributed by atoms with Crippen molar-refractivity contribution < 1.29 is 14.2 Å². The van der Waals surface area contributed by atoms with Gasteiger partial charge in [0.15, 0.2) is 11.5 Å². The maximum atomic E-state index is 6.66. The Labute approximate surface area is 134 Å². The standard InChI is InChI=1S/C16H19ClO3S/c1-9-8-13(21-10(9)2)14(17)11-6-7-12(18-3)16(20-5)15(11)19-4/h6-8,14H,1-5H3. The van der Waals surface area contributed by atoms with Crippen LogP contribution >= 0.6 is 22.9 Å². The Morgan fingerprint density at radius 1 is 1.00 bits per heavy atom. The van der Waals surface area contributed by atoms with Crippen LogP contribution in [0.2, 0.25) is 0 Å². The van der Waals surface area contributed by atoms with Crippen LogP contribution < -0.4 is 14.2 Å². The number of thiophene rings is 1. The molecule has 0 saturated carbocycles. The largest absolute Gasteiger partial charge is 0.493 e. The van der Waals surface area contributed by atoms with E-state index < -0.39 is 0 Å². The Morgan fingerprint density at radius 3 is 2.14 bits per heavy atom. The topological polar surface area (TPSA) is 27.7 Å². The zero-order valence-electron chi connectivity index (χ0n) is 12.8. The van der Waals surface area contributed by atoms with E-state index in [1.54, 1.807) is 32.7 Å². The third-order valence-electron chi connectivity index (χ3n) is 3.44. The van der Waals surface area contributed by atoms with Gasteiger partial charge in [0.25, 0.3) is 0 Å². The molecule has 114 valence electrons. The first-order chi connectivity index (χ1) is 10.0. The van der Waals surface area contributed by atoms with Crippen LogP contribution in [0.5, 0.6) is 17.2 Å². The third-order valence-corrected chi connectivity index (χ3v) is 5.26. The van der Waals surface area contributed by atoms with Gasteiger partial charge < -0.3 is 14.2 Å². The highest BCUT2D eigenvalue weighted by molar-refractivity contribution is 7.12. The molecule has 2 aromatic rings. The summed E-state index contributed by atoms with van der Waals surface area (Å²) >= 11 is 8.36. The lowest BCUT2D eigenvalue weighted by Gasteiger charge is -2.18. The Hall–Kier alpha value is -1.39. The molecule has 0 saturated heterocycles. The summed E-state index contributed by atoms with van der Waals surface area (Å²) in [7, 11) is 4.79. The molecule has 0 fully saturated rings. The summed E-state index contributed by atoms with van der Waals surface area (Å²) in [4.78, 5) is 2.37. The second-order valence-corrected chi connectivity index (χ2v) is 6.40. The summed E-state index contributed by atoms with van der Waals surface area (Å²) in [5.41, 5.74) is 2.12. The van der Waals surface area contributed by atoms with Crippen LogP contribution in [0.25, 0.3) is 0 Å². The van der Waals surface area contributed by atoms with Crippen molar-refractivity contribution in [1.29, 1.82) is 0 Å². The van der Waals surface area contributed by atoms with Crippen molar-refractivity contribution in [1.82, 2.24) is 0 Å². The average Bonchev–Trinajstić information content (AvgIpc) is 2.84. The van der Waals surface area contributed by atoms with Crippen molar-refractivity contribution in [2.24, 2.45) is 0 Å². The van der Waals surface area contributed by atoms with E-state index in [9.17, 15) is 0 Å². The molecule has 1 heterocycles. The molecule has 0 radical (unpaired) electrons. The van der Waals surface area contributed by atoms with Gasteiger partial charge in [-0.3, -0.25) is 0 Å². The van der Waals surface area contributed by atoms with Crippen molar-refractivity contribution >= 4 is 22.9 Å². The zero-order valence-corrected chi connectivity index (χ0v) is 14.4. The monoisotopic (exact) mass is 326 g/mol. The maximum Gasteiger partial charge on any atom is 0.203 e. The van der Waals surface area contributed by atoms with Crippen LogP contribution in [-0.2, 0) is 0 Å². The molecule has 21 heavy (non-hydrogen) atoms. The number of halogens is 1. The van der Waals surface area contributed by atoms with E-state index in [2.05, 4.69) is 19.9 Å². The second kappa shape index (κ2) is 6.58. The highest BCUT2D eigenvalue weighted by Gasteiger charge is 2.23. The van der Waals surface area contributed by atoms with Gasteiger partial charge in [-0.2, -0.15) is 0 Å². The van der Waals surface area contributed by atoms with Crippen LogP contribution in [0.4, 0.5) is 0 Å². The number of hydrogen-bond acceptors (Lipinski definition) is 4. The number of rotatable bonds is 5. The fourth-order valence-corrected chi connectivity index (χ4v) is 3.61. The maximum absolute atomic E-state index is 6.66. The first-order valence-electron chi connectivity index (χ1n) is 6.53. The highest BCUT2D eigenvalue weighted by atomic mass is 35.5. The molecule has 0 aliphatic carbocycles. The summed E-state index contributed by atoms with van der Waals surface area (Å²) < 4.78 is 16.2. The summed E-state index contributed by atoms with van der Waals surface area (Å²) in [5, 5.41) is -0.280. The van der Waals surface area contributed by atoms with Gasteiger partial charge in [-0.1, -0.05) is 0 Å². The smallest absolute Gasteiger partial charge is 0.203 e. The number of methoxy groups -OCH3 is 3. The molecule has 0 spiro atoms. The fraction of sp³-hybridized carbons (Fsp3) is 0.375. The van der Waals surface area contributed by atoms with Crippen molar-refractivity contribution in [3.8, 4) is 17.2 Å². The number of benzene rings is 1. The van der Waals surface area contributed by atoms with Gasteiger partial charge in [0, 0.05) is 15.3 Å². The fourth-order valence-electron chi connectivity index (χ4n) is 2.20.